The Morgan fingerprint density at radius 1 is 1.20 bits per heavy atom. The van der Waals surface area contributed by atoms with E-state index in [4.69, 9.17) is 5.11 Å². The summed E-state index contributed by atoms with van der Waals surface area (Å²) in [6.07, 6.45) is 1.07. The first-order valence-electron chi connectivity index (χ1n) is 5.55. The van der Waals surface area contributed by atoms with E-state index in [0.717, 1.165) is 6.42 Å². The Morgan fingerprint density at radius 3 is 2.27 bits per heavy atom. The van der Waals surface area contributed by atoms with E-state index >= 15 is 0 Å². The summed E-state index contributed by atoms with van der Waals surface area (Å²) in [7, 11) is 0. The Labute approximate surface area is 92.3 Å². The van der Waals surface area contributed by atoms with Gasteiger partial charge < -0.3 is 10.4 Å². The SMILES string of the molecule is CCc1ccc(C(C)(C)NCCO)cc1. The van der Waals surface area contributed by atoms with Gasteiger partial charge in [0.2, 0.25) is 0 Å². The lowest BCUT2D eigenvalue weighted by molar-refractivity contribution is 0.267. The molecule has 1 rings (SSSR count). The maximum Gasteiger partial charge on any atom is 0.0556 e. The van der Waals surface area contributed by atoms with Crippen molar-refractivity contribution in [2.45, 2.75) is 32.7 Å². The van der Waals surface area contributed by atoms with Crippen LogP contribution in [0.25, 0.3) is 0 Å². The molecule has 15 heavy (non-hydrogen) atoms. The van der Waals surface area contributed by atoms with Gasteiger partial charge in [0.05, 0.1) is 6.61 Å². The molecular weight excluding hydrogens is 186 g/mol. The molecule has 0 amide bonds. The highest BCUT2D eigenvalue weighted by Crippen LogP contribution is 2.20. The second-order valence-electron chi connectivity index (χ2n) is 4.33. The van der Waals surface area contributed by atoms with Crippen LogP contribution in [-0.2, 0) is 12.0 Å². The second kappa shape index (κ2) is 5.29. The average Bonchev–Trinajstić information content (AvgIpc) is 2.26. The number of rotatable bonds is 5. The molecule has 2 heteroatoms. The van der Waals surface area contributed by atoms with Crippen molar-refractivity contribution in [3.8, 4) is 0 Å². The quantitative estimate of drug-likeness (QED) is 0.774. The Bertz CT molecular complexity index is 290. The van der Waals surface area contributed by atoms with Crippen LogP contribution in [0.5, 0.6) is 0 Å². The lowest BCUT2D eigenvalue weighted by Crippen LogP contribution is -2.38. The van der Waals surface area contributed by atoms with E-state index in [1.165, 1.54) is 11.1 Å². The zero-order valence-corrected chi connectivity index (χ0v) is 9.88. The third kappa shape index (κ3) is 3.33. The zero-order chi connectivity index (χ0) is 11.3. The fourth-order valence-electron chi connectivity index (χ4n) is 1.63. The molecule has 2 N–H and O–H groups in total. The Balaban J connectivity index is 2.75. The number of benzene rings is 1. The molecular formula is C13H21NO. The fourth-order valence-corrected chi connectivity index (χ4v) is 1.63. The van der Waals surface area contributed by atoms with Gasteiger partial charge in [0.15, 0.2) is 0 Å². The lowest BCUT2D eigenvalue weighted by Gasteiger charge is -2.26. The molecule has 0 aliphatic heterocycles. The minimum absolute atomic E-state index is 0.0744. The van der Waals surface area contributed by atoms with Crippen molar-refractivity contribution in [3.63, 3.8) is 0 Å². The summed E-state index contributed by atoms with van der Waals surface area (Å²) < 4.78 is 0. The maximum atomic E-state index is 8.80. The van der Waals surface area contributed by atoms with Crippen LogP contribution < -0.4 is 5.32 Å². The first-order valence-corrected chi connectivity index (χ1v) is 5.55. The average molecular weight is 207 g/mol. The molecule has 0 unspecified atom stereocenters. The largest absolute Gasteiger partial charge is 0.395 e. The summed E-state index contributed by atoms with van der Waals surface area (Å²) in [5.74, 6) is 0. The third-order valence-electron chi connectivity index (χ3n) is 2.76. The van der Waals surface area contributed by atoms with Crippen LogP contribution in [0, 0.1) is 0 Å². The standard InChI is InChI=1S/C13H21NO/c1-4-11-5-7-12(8-6-11)13(2,3)14-9-10-15/h5-8,14-15H,4,9-10H2,1-3H3. The van der Waals surface area contributed by atoms with Crippen LogP contribution in [0.3, 0.4) is 0 Å². The smallest absolute Gasteiger partial charge is 0.0556 e. The highest BCUT2D eigenvalue weighted by Gasteiger charge is 2.18. The summed E-state index contributed by atoms with van der Waals surface area (Å²) in [6.45, 7) is 7.22. The molecule has 1 aromatic carbocycles. The third-order valence-corrected chi connectivity index (χ3v) is 2.76. The summed E-state index contributed by atoms with van der Waals surface area (Å²) in [6, 6.07) is 8.64. The van der Waals surface area contributed by atoms with E-state index in [9.17, 15) is 0 Å². The molecule has 2 nitrogen and oxygen atoms in total. The molecule has 0 fully saturated rings. The minimum atomic E-state index is -0.0744. The zero-order valence-electron chi connectivity index (χ0n) is 9.88. The van der Waals surface area contributed by atoms with Crippen molar-refractivity contribution in [3.05, 3.63) is 35.4 Å². The molecule has 0 radical (unpaired) electrons. The number of aliphatic hydroxyl groups excluding tert-OH is 1. The van der Waals surface area contributed by atoms with Crippen molar-refractivity contribution >= 4 is 0 Å². The van der Waals surface area contributed by atoms with Gasteiger partial charge in [-0.25, -0.2) is 0 Å². The van der Waals surface area contributed by atoms with Crippen LogP contribution in [0.2, 0.25) is 0 Å². The van der Waals surface area contributed by atoms with E-state index in [1.807, 2.05) is 0 Å². The van der Waals surface area contributed by atoms with Crippen LogP contribution >= 0.6 is 0 Å². The normalized spacial score (nSPS) is 11.7. The summed E-state index contributed by atoms with van der Waals surface area (Å²) in [4.78, 5) is 0. The van der Waals surface area contributed by atoms with Gasteiger partial charge in [-0.3, -0.25) is 0 Å². The molecule has 0 aliphatic rings. The van der Waals surface area contributed by atoms with E-state index in [0.29, 0.717) is 6.54 Å². The van der Waals surface area contributed by atoms with Gasteiger partial charge >= 0.3 is 0 Å². The summed E-state index contributed by atoms with van der Waals surface area (Å²) in [5, 5.41) is 12.1. The highest BCUT2D eigenvalue weighted by atomic mass is 16.3. The van der Waals surface area contributed by atoms with E-state index in [2.05, 4.69) is 50.4 Å². The Morgan fingerprint density at radius 2 is 1.80 bits per heavy atom. The maximum absolute atomic E-state index is 8.80. The van der Waals surface area contributed by atoms with E-state index in [1.54, 1.807) is 0 Å². The molecule has 0 bridgehead atoms. The predicted octanol–water partition coefficient (Wildman–Crippen LogP) is 2.07. The van der Waals surface area contributed by atoms with Crippen LogP contribution in [0.15, 0.2) is 24.3 Å². The molecule has 0 spiro atoms. The molecule has 0 aliphatic carbocycles. The summed E-state index contributed by atoms with van der Waals surface area (Å²) >= 11 is 0. The molecule has 84 valence electrons. The van der Waals surface area contributed by atoms with Gasteiger partial charge in [0.25, 0.3) is 0 Å². The van der Waals surface area contributed by atoms with E-state index in [-0.39, 0.29) is 12.1 Å². The molecule has 0 aromatic heterocycles. The van der Waals surface area contributed by atoms with E-state index < -0.39 is 0 Å². The van der Waals surface area contributed by atoms with Gasteiger partial charge in [0.1, 0.15) is 0 Å². The first kappa shape index (κ1) is 12.2. The Kier molecular flexibility index (Phi) is 4.30. The first-order chi connectivity index (χ1) is 7.10. The molecule has 0 atom stereocenters. The van der Waals surface area contributed by atoms with Crippen molar-refractivity contribution in [1.29, 1.82) is 0 Å². The fraction of sp³-hybridized carbons (Fsp3) is 0.538. The predicted molar refractivity (Wildman–Crippen MR) is 63.9 cm³/mol. The van der Waals surface area contributed by atoms with Crippen molar-refractivity contribution in [2.24, 2.45) is 0 Å². The number of aliphatic hydroxyl groups is 1. The van der Waals surface area contributed by atoms with Gasteiger partial charge in [-0.05, 0) is 31.4 Å². The van der Waals surface area contributed by atoms with Gasteiger partial charge in [-0.1, -0.05) is 31.2 Å². The van der Waals surface area contributed by atoms with Crippen molar-refractivity contribution in [2.75, 3.05) is 13.2 Å². The highest BCUT2D eigenvalue weighted by molar-refractivity contribution is 5.27. The van der Waals surface area contributed by atoms with Gasteiger partial charge in [0, 0.05) is 12.1 Å². The minimum Gasteiger partial charge on any atom is -0.395 e. The second-order valence-corrected chi connectivity index (χ2v) is 4.33. The number of hydrogen-bond acceptors (Lipinski definition) is 2. The van der Waals surface area contributed by atoms with Gasteiger partial charge in [-0.15, -0.1) is 0 Å². The van der Waals surface area contributed by atoms with Gasteiger partial charge in [-0.2, -0.15) is 0 Å². The molecule has 0 heterocycles. The lowest BCUT2D eigenvalue weighted by atomic mass is 9.93. The molecule has 1 aromatic rings. The topological polar surface area (TPSA) is 32.3 Å². The number of nitrogens with one attached hydrogen (secondary N) is 1. The molecule has 0 saturated heterocycles. The van der Waals surface area contributed by atoms with Crippen LogP contribution in [0.1, 0.15) is 31.9 Å². The number of aryl methyl sites for hydroxylation is 1. The van der Waals surface area contributed by atoms with Crippen molar-refractivity contribution < 1.29 is 5.11 Å². The van der Waals surface area contributed by atoms with Crippen LogP contribution in [0.4, 0.5) is 0 Å². The Hall–Kier alpha value is -0.860. The molecule has 0 saturated carbocycles. The summed E-state index contributed by atoms with van der Waals surface area (Å²) in [5.41, 5.74) is 2.54. The van der Waals surface area contributed by atoms with Crippen LogP contribution in [-0.4, -0.2) is 18.3 Å². The van der Waals surface area contributed by atoms with Crippen molar-refractivity contribution in [1.82, 2.24) is 5.32 Å². The number of hydrogen-bond donors (Lipinski definition) is 2. The monoisotopic (exact) mass is 207 g/mol.